The van der Waals surface area contributed by atoms with Crippen LogP contribution in [0.1, 0.15) is 41.2 Å². The van der Waals surface area contributed by atoms with E-state index in [-0.39, 0.29) is 18.0 Å². The number of hydrogen-bond donors (Lipinski definition) is 3. The maximum Gasteiger partial charge on any atom is 0.354 e. The second kappa shape index (κ2) is 5.59. The normalized spacial score (nSPS) is 11.1. The predicted octanol–water partition coefficient (Wildman–Crippen LogP) is 0.671. The Morgan fingerprint density at radius 1 is 1.33 bits per heavy atom. The van der Waals surface area contributed by atoms with Crippen LogP contribution in [-0.4, -0.2) is 39.2 Å². The topological polar surface area (TPSA) is 99.5 Å². The zero-order valence-corrected chi connectivity index (χ0v) is 10.3. The molecule has 6 heteroatoms. The Hall–Kier alpha value is -1.95. The van der Waals surface area contributed by atoms with E-state index in [9.17, 15) is 9.59 Å². The highest BCUT2D eigenvalue weighted by Gasteiger charge is 2.21. The van der Waals surface area contributed by atoms with Crippen LogP contribution >= 0.6 is 0 Å². The highest BCUT2D eigenvalue weighted by atomic mass is 16.4. The number of amides is 1. The molecule has 1 aromatic rings. The molecule has 0 fully saturated rings. The Morgan fingerprint density at radius 2 is 1.94 bits per heavy atom. The van der Waals surface area contributed by atoms with Gasteiger partial charge in [-0.2, -0.15) is 0 Å². The molecule has 0 aliphatic rings. The molecule has 0 aliphatic carbocycles. The van der Waals surface area contributed by atoms with Crippen molar-refractivity contribution in [3.8, 4) is 0 Å². The number of carboxylic acids is 1. The predicted molar refractivity (Wildman–Crippen MR) is 64.4 cm³/mol. The number of nitrogens with zero attached hydrogens (tertiary/aromatic N) is 1. The third kappa shape index (κ3) is 3.81. The summed E-state index contributed by atoms with van der Waals surface area (Å²) in [7, 11) is 0. The zero-order valence-electron chi connectivity index (χ0n) is 10.3. The monoisotopic (exact) mass is 252 g/mol. The first-order valence-corrected chi connectivity index (χ1v) is 5.49. The molecular weight excluding hydrogens is 236 g/mol. The molecule has 0 atom stereocenters. The number of carbonyl (C=O) groups excluding carboxylic acids is 1. The quantitative estimate of drug-likeness (QED) is 0.715. The summed E-state index contributed by atoms with van der Waals surface area (Å²) in [5, 5.41) is 20.3. The average molecular weight is 252 g/mol. The third-order valence-electron chi connectivity index (χ3n) is 2.39. The Kier molecular flexibility index (Phi) is 4.38. The van der Waals surface area contributed by atoms with Crippen molar-refractivity contribution >= 4 is 11.9 Å². The average Bonchev–Trinajstić information content (AvgIpc) is 2.28. The van der Waals surface area contributed by atoms with Crippen molar-refractivity contribution in [3.05, 3.63) is 29.6 Å². The number of aromatic nitrogens is 1. The van der Waals surface area contributed by atoms with E-state index < -0.39 is 17.4 Å². The van der Waals surface area contributed by atoms with Crippen molar-refractivity contribution in [2.24, 2.45) is 0 Å². The number of carbonyl (C=O) groups is 2. The first-order chi connectivity index (χ1) is 8.35. The summed E-state index contributed by atoms with van der Waals surface area (Å²) in [6.45, 7) is 3.49. The lowest BCUT2D eigenvalue weighted by molar-refractivity contribution is 0.0690. The molecule has 0 unspecified atom stereocenters. The van der Waals surface area contributed by atoms with E-state index in [1.165, 1.54) is 18.2 Å². The number of aliphatic hydroxyl groups is 1. The van der Waals surface area contributed by atoms with Crippen LogP contribution in [0.2, 0.25) is 0 Å². The second-order valence-corrected chi connectivity index (χ2v) is 4.52. The van der Waals surface area contributed by atoms with Gasteiger partial charge in [-0.25, -0.2) is 9.78 Å². The van der Waals surface area contributed by atoms with Gasteiger partial charge in [0.15, 0.2) is 0 Å². The van der Waals surface area contributed by atoms with Gasteiger partial charge in [0.05, 0.1) is 0 Å². The summed E-state index contributed by atoms with van der Waals surface area (Å²) in [6, 6.07) is 4.22. The van der Waals surface area contributed by atoms with Crippen molar-refractivity contribution in [1.82, 2.24) is 10.3 Å². The van der Waals surface area contributed by atoms with E-state index in [0.29, 0.717) is 6.42 Å². The van der Waals surface area contributed by atoms with Crippen LogP contribution in [0.15, 0.2) is 18.2 Å². The summed E-state index contributed by atoms with van der Waals surface area (Å²) in [6.07, 6.45) is 0.400. The summed E-state index contributed by atoms with van der Waals surface area (Å²) in [4.78, 5) is 26.3. The van der Waals surface area contributed by atoms with Crippen molar-refractivity contribution in [1.29, 1.82) is 0 Å². The van der Waals surface area contributed by atoms with Gasteiger partial charge in [-0.1, -0.05) is 6.07 Å². The summed E-state index contributed by atoms with van der Waals surface area (Å²) < 4.78 is 0. The lowest BCUT2D eigenvalue weighted by Gasteiger charge is -2.25. The van der Waals surface area contributed by atoms with Crippen LogP contribution in [0.4, 0.5) is 0 Å². The molecular formula is C12H16N2O4. The number of aliphatic hydroxyl groups excluding tert-OH is 1. The van der Waals surface area contributed by atoms with Crippen LogP contribution in [0.5, 0.6) is 0 Å². The van der Waals surface area contributed by atoms with Gasteiger partial charge in [0.1, 0.15) is 11.4 Å². The standard InChI is InChI=1S/C12H16N2O4/c1-12(2,6-7-15)14-10(16)8-4-3-5-9(13-8)11(17)18/h3-5,15H,6-7H2,1-2H3,(H,14,16)(H,17,18). The van der Waals surface area contributed by atoms with Crippen LogP contribution < -0.4 is 5.32 Å². The Morgan fingerprint density at radius 3 is 2.50 bits per heavy atom. The molecule has 1 aromatic heterocycles. The molecule has 0 radical (unpaired) electrons. The zero-order chi connectivity index (χ0) is 13.8. The van der Waals surface area contributed by atoms with E-state index in [0.717, 1.165) is 0 Å². The number of nitrogens with one attached hydrogen (secondary N) is 1. The van der Waals surface area contributed by atoms with Gasteiger partial charge in [-0.3, -0.25) is 4.79 Å². The minimum atomic E-state index is -1.18. The van der Waals surface area contributed by atoms with Crippen LogP contribution in [0, 0.1) is 0 Å². The van der Waals surface area contributed by atoms with Crippen LogP contribution in [0.3, 0.4) is 0 Å². The van der Waals surface area contributed by atoms with Crippen LogP contribution in [-0.2, 0) is 0 Å². The molecule has 0 aromatic carbocycles. The second-order valence-electron chi connectivity index (χ2n) is 4.52. The first-order valence-electron chi connectivity index (χ1n) is 5.49. The molecule has 18 heavy (non-hydrogen) atoms. The summed E-state index contributed by atoms with van der Waals surface area (Å²) >= 11 is 0. The molecule has 1 amide bonds. The smallest absolute Gasteiger partial charge is 0.354 e. The van der Waals surface area contributed by atoms with Crippen molar-refractivity contribution in [2.45, 2.75) is 25.8 Å². The highest BCUT2D eigenvalue weighted by Crippen LogP contribution is 2.09. The number of pyridine rings is 1. The summed E-state index contributed by atoms with van der Waals surface area (Å²) in [5.74, 6) is -1.64. The molecule has 0 saturated carbocycles. The lowest BCUT2D eigenvalue weighted by atomic mass is 10.0. The minimum Gasteiger partial charge on any atom is -0.477 e. The maximum absolute atomic E-state index is 11.9. The van der Waals surface area contributed by atoms with E-state index in [1.54, 1.807) is 13.8 Å². The van der Waals surface area contributed by atoms with Crippen molar-refractivity contribution in [2.75, 3.05) is 6.61 Å². The fraction of sp³-hybridized carbons (Fsp3) is 0.417. The van der Waals surface area contributed by atoms with E-state index in [4.69, 9.17) is 10.2 Å². The van der Waals surface area contributed by atoms with Gasteiger partial charge in [-0.05, 0) is 32.4 Å². The molecule has 3 N–H and O–H groups in total. The SMILES string of the molecule is CC(C)(CCO)NC(=O)c1cccc(C(=O)O)n1. The number of carboxylic acid groups (broad SMARTS) is 1. The maximum atomic E-state index is 11.9. The van der Waals surface area contributed by atoms with Gasteiger partial charge >= 0.3 is 5.97 Å². The van der Waals surface area contributed by atoms with Gasteiger partial charge in [0.2, 0.25) is 0 Å². The van der Waals surface area contributed by atoms with Gasteiger partial charge in [0.25, 0.3) is 5.91 Å². The third-order valence-corrected chi connectivity index (χ3v) is 2.39. The number of aromatic carboxylic acids is 1. The molecule has 98 valence electrons. The van der Waals surface area contributed by atoms with Gasteiger partial charge in [0, 0.05) is 12.1 Å². The van der Waals surface area contributed by atoms with E-state index >= 15 is 0 Å². The van der Waals surface area contributed by atoms with Gasteiger partial charge < -0.3 is 15.5 Å². The molecule has 0 aliphatic heterocycles. The molecule has 1 heterocycles. The molecule has 0 bridgehead atoms. The van der Waals surface area contributed by atoms with E-state index in [2.05, 4.69) is 10.3 Å². The minimum absolute atomic E-state index is 0.0425. The summed E-state index contributed by atoms with van der Waals surface area (Å²) in [5.41, 5.74) is -0.712. The fourth-order valence-electron chi connectivity index (χ4n) is 1.39. The van der Waals surface area contributed by atoms with Crippen molar-refractivity contribution < 1.29 is 19.8 Å². The number of rotatable bonds is 5. The Bertz CT molecular complexity index is 457. The molecule has 0 spiro atoms. The Balaban J connectivity index is 2.84. The molecule has 6 nitrogen and oxygen atoms in total. The van der Waals surface area contributed by atoms with Crippen molar-refractivity contribution in [3.63, 3.8) is 0 Å². The first kappa shape index (κ1) is 14.1. The highest BCUT2D eigenvalue weighted by molar-refractivity contribution is 5.94. The molecule has 1 rings (SSSR count). The van der Waals surface area contributed by atoms with E-state index in [1.807, 2.05) is 0 Å². The largest absolute Gasteiger partial charge is 0.477 e. The van der Waals surface area contributed by atoms with Crippen LogP contribution in [0.25, 0.3) is 0 Å². The lowest BCUT2D eigenvalue weighted by Crippen LogP contribution is -2.44. The number of hydrogen-bond acceptors (Lipinski definition) is 4. The van der Waals surface area contributed by atoms with Gasteiger partial charge in [-0.15, -0.1) is 0 Å². The Labute approximate surface area is 105 Å². The molecule has 0 saturated heterocycles. The fourth-order valence-corrected chi connectivity index (χ4v) is 1.39.